The molecule has 7 rings (SSSR count). The lowest BCUT2D eigenvalue weighted by Crippen LogP contribution is -2.38. The van der Waals surface area contributed by atoms with E-state index in [-0.39, 0.29) is 5.91 Å². The summed E-state index contributed by atoms with van der Waals surface area (Å²) in [5.41, 5.74) is 5.67. The average molecular weight is 441 g/mol. The van der Waals surface area contributed by atoms with Crippen LogP contribution in [0.5, 0.6) is 0 Å². The normalized spacial score (nSPS) is 15.5. The average Bonchev–Trinajstić information content (AvgIpc) is 3.25. The molecule has 0 saturated carbocycles. The van der Waals surface area contributed by atoms with E-state index in [9.17, 15) is 9.90 Å². The predicted molar refractivity (Wildman–Crippen MR) is 135 cm³/mol. The van der Waals surface area contributed by atoms with Gasteiger partial charge in [0.2, 0.25) is 0 Å². The summed E-state index contributed by atoms with van der Waals surface area (Å²) in [6.45, 7) is 0. The molecule has 1 N–H and O–H groups in total. The number of aliphatic hydroxyl groups excluding tert-OH is 1. The molecule has 4 nitrogen and oxygen atoms in total. The van der Waals surface area contributed by atoms with E-state index in [4.69, 9.17) is 4.42 Å². The predicted octanol–water partition coefficient (Wildman–Crippen LogP) is 7.06. The van der Waals surface area contributed by atoms with Gasteiger partial charge in [0.25, 0.3) is 5.91 Å². The zero-order valence-electron chi connectivity index (χ0n) is 18.1. The molecule has 0 fully saturated rings. The van der Waals surface area contributed by atoms with Crippen molar-refractivity contribution in [3.05, 3.63) is 114 Å². The number of nitrogens with zero attached hydrogens (tertiary/aromatic N) is 1. The molecule has 0 aliphatic carbocycles. The summed E-state index contributed by atoms with van der Waals surface area (Å²) in [6, 6.07) is 33.2. The van der Waals surface area contributed by atoms with Gasteiger partial charge in [-0.05, 0) is 52.9 Å². The first kappa shape index (κ1) is 19.1. The van der Waals surface area contributed by atoms with Gasteiger partial charge in [-0.3, -0.25) is 9.69 Å². The molecule has 0 bridgehead atoms. The van der Waals surface area contributed by atoms with E-state index in [2.05, 4.69) is 24.3 Å². The van der Waals surface area contributed by atoms with E-state index in [0.717, 1.165) is 49.4 Å². The van der Waals surface area contributed by atoms with Crippen LogP contribution in [0.2, 0.25) is 0 Å². The number of hydrogen-bond donors (Lipinski definition) is 1. The Kier molecular flexibility index (Phi) is 3.96. The molecule has 0 spiro atoms. The SMILES string of the molecule is O=C1c2ccc(-c3ccc4c(c3)oc3ccccc34)c3cccc(c23)C(O)N1c1ccccc1. The van der Waals surface area contributed by atoms with Crippen molar-refractivity contribution in [3.8, 4) is 11.1 Å². The Morgan fingerprint density at radius 3 is 2.29 bits per heavy atom. The molecule has 34 heavy (non-hydrogen) atoms. The van der Waals surface area contributed by atoms with E-state index in [1.807, 2.05) is 78.9 Å². The Balaban J connectivity index is 1.43. The standard InChI is InChI=1S/C30H19NO3/c32-29-24-11-6-10-23-20(18-13-14-22-21-9-4-5-12-26(21)34-27(22)17-18)15-16-25(28(23)24)30(33)31(29)19-7-2-1-3-8-19/h1-17,29,32H. The van der Waals surface area contributed by atoms with E-state index >= 15 is 0 Å². The Morgan fingerprint density at radius 1 is 0.676 bits per heavy atom. The summed E-state index contributed by atoms with van der Waals surface area (Å²) in [6.07, 6.45) is -1.06. The minimum absolute atomic E-state index is 0.207. The number of rotatable bonds is 2. The lowest BCUT2D eigenvalue weighted by Gasteiger charge is -2.34. The van der Waals surface area contributed by atoms with Gasteiger partial charge in [0, 0.05) is 33.0 Å². The molecule has 4 heteroatoms. The van der Waals surface area contributed by atoms with Crippen molar-refractivity contribution in [1.29, 1.82) is 0 Å². The lowest BCUT2D eigenvalue weighted by molar-refractivity contribution is 0.0879. The Hall–Kier alpha value is -4.41. The molecule has 1 unspecified atom stereocenters. The van der Waals surface area contributed by atoms with Crippen LogP contribution >= 0.6 is 0 Å². The molecule has 162 valence electrons. The molecule has 0 radical (unpaired) electrons. The minimum Gasteiger partial charge on any atom is -0.456 e. The Bertz CT molecular complexity index is 1750. The van der Waals surface area contributed by atoms with Crippen molar-refractivity contribution in [1.82, 2.24) is 0 Å². The smallest absolute Gasteiger partial charge is 0.261 e. The Morgan fingerprint density at radius 2 is 1.41 bits per heavy atom. The van der Waals surface area contributed by atoms with Crippen molar-refractivity contribution in [2.45, 2.75) is 6.23 Å². The lowest BCUT2D eigenvalue weighted by atomic mass is 9.88. The van der Waals surface area contributed by atoms with Gasteiger partial charge >= 0.3 is 0 Å². The van der Waals surface area contributed by atoms with Crippen molar-refractivity contribution >= 4 is 44.3 Å². The molecule has 0 saturated heterocycles. The van der Waals surface area contributed by atoms with Crippen molar-refractivity contribution in [2.24, 2.45) is 0 Å². The summed E-state index contributed by atoms with van der Waals surface area (Å²) in [4.78, 5) is 14.9. The summed E-state index contributed by atoms with van der Waals surface area (Å²) < 4.78 is 6.10. The molecule has 6 aromatic rings. The molecular weight excluding hydrogens is 422 g/mol. The van der Waals surface area contributed by atoms with E-state index in [1.165, 1.54) is 4.90 Å². The second-order valence-corrected chi connectivity index (χ2v) is 8.62. The zero-order valence-corrected chi connectivity index (χ0v) is 18.1. The third-order valence-corrected chi connectivity index (χ3v) is 6.77. The van der Waals surface area contributed by atoms with Gasteiger partial charge in [-0.1, -0.05) is 66.7 Å². The van der Waals surface area contributed by atoms with Gasteiger partial charge in [0.15, 0.2) is 6.23 Å². The maximum atomic E-state index is 13.5. The Labute approximate surface area is 195 Å². The number of anilines is 1. The van der Waals surface area contributed by atoms with Gasteiger partial charge < -0.3 is 9.52 Å². The molecule has 1 amide bonds. The number of amides is 1. The van der Waals surface area contributed by atoms with E-state index < -0.39 is 6.23 Å². The highest BCUT2D eigenvalue weighted by molar-refractivity contribution is 6.20. The fourth-order valence-corrected chi connectivity index (χ4v) is 5.20. The topological polar surface area (TPSA) is 53.7 Å². The molecule has 1 aliphatic heterocycles. The number of furan rings is 1. The maximum Gasteiger partial charge on any atom is 0.261 e. The fraction of sp³-hybridized carbons (Fsp3) is 0.0333. The van der Waals surface area contributed by atoms with E-state index in [0.29, 0.717) is 11.3 Å². The zero-order chi connectivity index (χ0) is 22.8. The van der Waals surface area contributed by atoms with Crippen molar-refractivity contribution in [3.63, 3.8) is 0 Å². The molecule has 5 aromatic carbocycles. The van der Waals surface area contributed by atoms with Gasteiger partial charge in [-0.2, -0.15) is 0 Å². The third-order valence-electron chi connectivity index (χ3n) is 6.77. The molecule has 1 aliphatic rings. The second-order valence-electron chi connectivity index (χ2n) is 8.62. The first-order chi connectivity index (χ1) is 16.7. The maximum absolute atomic E-state index is 13.5. The summed E-state index contributed by atoms with van der Waals surface area (Å²) in [5.74, 6) is -0.207. The monoisotopic (exact) mass is 441 g/mol. The van der Waals surface area contributed by atoms with Gasteiger partial charge in [0.05, 0.1) is 0 Å². The second kappa shape index (κ2) is 7.04. The number of fused-ring (bicyclic) bond motifs is 3. The molecule has 2 heterocycles. The van der Waals surface area contributed by atoms with Crippen LogP contribution in [-0.2, 0) is 0 Å². The molecule has 1 atom stereocenters. The number of carbonyl (C=O) groups is 1. The summed E-state index contributed by atoms with van der Waals surface area (Å²) in [5, 5.41) is 15.1. The van der Waals surface area contributed by atoms with Crippen LogP contribution in [0.3, 0.4) is 0 Å². The van der Waals surface area contributed by atoms with Crippen LogP contribution in [0.25, 0.3) is 43.8 Å². The van der Waals surface area contributed by atoms with E-state index in [1.54, 1.807) is 0 Å². The summed E-state index contributed by atoms with van der Waals surface area (Å²) in [7, 11) is 0. The van der Waals surface area contributed by atoms with Crippen LogP contribution in [0.4, 0.5) is 5.69 Å². The quantitative estimate of drug-likeness (QED) is 0.313. The fourth-order valence-electron chi connectivity index (χ4n) is 5.20. The minimum atomic E-state index is -1.06. The highest BCUT2D eigenvalue weighted by Gasteiger charge is 2.34. The van der Waals surface area contributed by atoms with Crippen molar-refractivity contribution in [2.75, 3.05) is 4.90 Å². The number of benzene rings is 5. The van der Waals surface area contributed by atoms with Gasteiger partial charge in [-0.15, -0.1) is 0 Å². The first-order valence-electron chi connectivity index (χ1n) is 11.2. The van der Waals surface area contributed by atoms with Crippen LogP contribution in [0.1, 0.15) is 22.1 Å². The first-order valence-corrected chi connectivity index (χ1v) is 11.2. The summed E-state index contributed by atoms with van der Waals surface area (Å²) >= 11 is 0. The highest BCUT2D eigenvalue weighted by atomic mass is 16.3. The van der Waals surface area contributed by atoms with Crippen LogP contribution in [-0.4, -0.2) is 11.0 Å². The number of carbonyl (C=O) groups excluding carboxylic acids is 1. The largest absolute Gasteiger partial charge is 0.456 e. The van der Waals surface area contributed by atoms with Gasteiger partial charge in [-0.25, -0.2) is 0 Å². The number of para-hydroxylation sites is 2. The molecular formula is C30H19NO3. The van der Waals surface area contributed by atoms with Crippen molar-refractivity contribution < 1.29 is 14.3 Å². The molecule has 1 aromatic heterocycles. The van der Waals surface area contributed by atoms with Crippen LogP contribution < -0.4 is 4.90 Å². The number of hydrogen-bond acceptors (Lipinski definition) is 3. The van der Waals surface area contributed by atoms with Crippen LogP contribution in [0, 0.1) is 0 Å². The third kappa shape index (κ3) is 2.60. The number of aliphatic hydroxyl groups is 1. The highest BCUT2D eigenvalue weighted by Crippen LogP contribution is 2.42. The van der Waals surface area contributed by atoms with Gasteiger partial charge in [0.1, 0.15) is 11.2 Å². The van der Waals surface area contributed by atoms with Crippen LogP contribution in [0.15, 0.2) is 108 Å².